The number of nitrogens with zero attached hydrogens (tertiary/aromatic N) is 3. The topological polar surface area (TPSA) is 56.2 Å². The van der Waals surface area contributed by atoms with Crippen molar-refractivity contribution in [2.45, 2.75) is 6.54 Å². The molecule has 0 saturated heterocycles. The molecule has 3 aromatic rings. The van der Waals surface area contributed by atoms with E-state index in [9.17, 15) is 0 Å². The lowest BCUT2D eigenvalue weighted by molar-refractivity contribution is 0.910. The van der Waals surface area contributed by atoms with Crippen LogP contribution in [0.5, 0.6) is 0 Å². The van der Waals surface area contributed by atoms with Gasteiger partial charge in [0.1, 0.15) is 0 Å². The van der Waals surface area contributed by atoms with Gasteiger partial charge in [-0.2, -0.15) is 5.10 Å². The van der Waals surface area contributed by atoms with Gasteiger partial charge in [0.2, 0.25) is 0 Å². The van der Waals surface area contributed by atoms with Crippen LogP contribution in [0.2, 0.25) is 0 Å². The van der Waals surface area contributed by atoms with Crippen LogP contribution in [0.1, 0.15) is 5.69 Å². The average molecular weight is 261 g/mol. The Hall–Kier alpha value is -1.91. The Morgan fingerprint density at radius 3 is 2.61 bits per heavy atom. The van der Waals surface area contributed by atoms with E-state index in [-0.39, 0.29) is 12.4 Å². The molecule has 0 aliphatic carbocycles. The number of fused-ring (bicyclic) bond motifs is 1. The fraction of sp³-hybridized carbons (Fsp3) is 0.0769. The minimum atomic E-state index is 0. The summed E-state index contributed by atoms with van der Waals surface area (Å²) in [6.45, 7) is 0.432. The zero-order valence-electron chi connectivity index (χ0n) is 9.65. The van der Waals surface area contributed by atoms with Crippen molar-refractivity contribution in [3.63, 3.8) is 0 Å². The fourth-order valence-electron chi connectivity index (χ4n) is 1.88. The molecule has 0 radical (unpaired) electrons. The van der Waals surface area contributed by atoms with Crippen molar-refractivity contribution in [3.05, 3.63) is 54.4 Å². The highest BCUT2D eigenvalue weighted by Crippen LogP contribution is 2.20. The van der Waals surface area contributed by atoms with Crippen molar-refractivity contribution in [1.82, 2.24) is 14.6 Å². The first kappa shape index (κ1) is 12.5. The van der Waals surface area contributed by atoms with Gasteiger partial charge in [0.05, 0.1) is 17.6 Å². The van der Waals surface area contributed by atoms with Crippen molar-refractivity contribution in [3.8, 4) is 11.3 Å². The third-order valence-corrected chi connectivity index (χ3v) is 2.69. The number of aromatic nitrogens is 3. The molecule has 4 nitrogen and oxygen atoms in total. The second kappa shape index (κ2) is 5.16. The van der Waals surface area contributed by atoms with Gasteiger partial charge in [0.15, 0.2) is 5.65 Å². The zero-order valence-corrected chi connectivity index (χ0v) is 10.5. The molecule has 92 valence electrons. The molecule has 0 bridgehead atoms. The van der Waals surface area contributed by atoms with Crippen molar-refractivity contribution in [2.24, 2.45) is 5.73 Å². The van der Waals surface area contributed by atoms with Crippen LogP contribution in [0.25, 0.3) is 16.9 Å². The highest BCUT2D eigenvalue weighted by atomic mass is 35.5. The third-order valence-electron chi connectivity index (χ3n) is 2.69. The molecule has 1 aromatic carbocycles. The molecular formula is C13H13ClN4. The summed E-state index contributed by atoms with van der Waals surface area (Å²) in [6, 6.07) is 14.0. The maximum atomic E-state index is 5.66. The lowest BCUT2D eigenvalue weighted by Crippen LogP contribution is -2.04. The molecule has 2 aromatic heterocycles. The molecule has 3 rings (SSSR count). The summed E-state index contributed by atoms with van der Waals surface area (Å²) in [7, 11) is 0. The second-order valence-electron chi connectivity index (χ2n) is 3.80. The van der Waals surface area contributed by atoms with Crippen LogP contribution < -0.4 is 5.73 Å². The Morgan fingerprint density at radius 2 is 1.89 bits per heavy atom. The van der Waals surface area contributed by atoms with Gasteiger partial charge < -0.3 is 5.73 Å². The summed E-state index contributed by atoms with van der Waals surface area (Å²) in [6.07, 6.45) is 1.75. The predicted molar refractivity (Wildman–Crippen MR) is 73.6 cm³/mol. The Bertz CT molecular complexity index is 648. The molecule has 0 saturated carbocycles. The summed E-state index contributed by atoms with van der Waals surface area (Å²) < 4.78 is 1.83. The van der Waals surface area contributed by atoms with Crippen molar-refractivity contribution in [1.29, 1.82) is 0 Å². The van der Waals surface area contributed by atoms with E-state index in [1.54, 1.807) is 6.20 Å². The monoisotopic (exact) mass is 260 g/mol. The summed E-state index contributed by atoms with van der Waals surface area (Å²) in [5, 5.41) is 4.28. The first-order valence-electron chi connectivity index (χ1n) is 5.47. The maximum Gasteiger partial charge on any atom is 0.155 e. The molecule has 0 unspecified atom stereocenters. The largest absolute Gasteiger partial charge is 0.325 e. The number of rotatable bonds is 2. The first-order chi connectivity index (χ1) is 8.38. The zero-order chi connectivity index (χ0) is 11.7. The fourth-order valence-corrected chi connectivity index (χ4v) is 1.88. The minimum Gasteiger partial charge on any atom is -0.325 e. The van der Waals surface area contributed by atoms with E-state index in [1.165, 1.54) is 0 Å². The molecule has 0 aliphatic rings. The van der Waals surface area contributed by atoms with Crippen molar-refractivity contribution < 1.29 is 0 Å². The lowest BCUT2D eigenvalue weighted by atomic mass is 10.1. The van der Waals surface area contributed by atoms with Crippen LogP contribution in [-0.2, 0) is 6.54 Å². The maximum absolute atomic E-state index is 5.66. The molecule has 0 fully saturated rings. The summed E-state index contributed by atoms with van der Waals surface area (Å²) in [4.78, 5) is 4.42. The smallest absolute Gasteiger partial charge is 0.155 e. The standard InChI is InChI=1S/C13H12N4.ClH/c14-9-11-8-12(10-4-2-1-3-5-10)17-13(16-11)6-7-15-17;/h1-8H,9,14H2;1H. The van der Waals surface area contributed by atoms with E-state index < -0.39 is 0 Å². The van der Waals surface area contributed by atoms with Crippen LogP contribution in [0.4, 0.5) is 0 Å². The van der Waals surface area contributed by atoms with Crippen LogP contribution in [-0.4, -0.2) is 14.6 Å². The van der Waals surface area contributed by atoms with Gasteiger partial charge in [-0.15, -0.1) is 12.4 Å². The molecule has 0 aliphatic heterocycles. The van der Waals surface area contributed by atoms with Gasteiger partial charge in [-0.1, -0.05) is 30.3 Å². The van der Waals surface area contributed by atoms with Crippen LogP contribution in [0.15, 0.2) is 48.7 Å². The van der Waals surface area contributed by atoms with E-state index in [0.717, 1.165) is 22.6 Å². The molecular weight excluding hydrogens is 248 g/mol. The molecule has 2 N–H and O–H groups in total. The predicted octanol–water partition coefficient (Wildman–Crippen LogP) is 2.28. The highest BCUT2D eigenvalue weighted by molar-refractivity contribution is 5.85. The van der Waals surface area contributed by atoms with Crippen molar-refractivity contribution >= 4 is 18.1 Å². The number of halogens is 1. The summed E-state index contributed by atoms with van der Waals surface area (Å²) >= 11 is 0. The van der Waals surface area contributed by atoms with Gasteiger partial charge in [-0.3, -0.25) is 0 Å². The van der Waals surface area contributed by atoms with E-state index in [1.807, 2.05) is 34.8 Å². The Labute approximate surface area is 111 Å². The number of nitrogens with two attached hydrogens (primary N) is 1. The minimum absolute atomic E-state index is 0. The Kier molecular flexibility index (Phi) is 3.60. The molecule has 2 heterocycles. The SMILES string of the molecule is Cl.NCc1cc(-c2ccccc2)n2nccc2n1. The van der Waals surface area contributed by atoms with Gasteiger partial charge in [0.25, 0.3) is 0 Å². The molecule has 0 spiro atoms. The molecule has 0 atom stereocenters. The van der Waals surface area contributed by atoms with E-state index >= 15 is 0 Å². The second-order valence-corrected chi connectivity index (χ2v) is 3.80. The third kappa shape index (κ3) is 2.08. The first-order valence-corrected chi connectivity index (χ1v) is 5.47. The summed E-state index contributed by atoms with van der Waals surface area (Å²) in [5.41, 5.74) is 9.49. The lowest BCUT2D eigenvalue weighted by Gasteiger charge is -2.06. The quantitative estimate of drug-likeness (QED) is 0.769. The molecule has 0 amide bonds. The Morgan fingerprint density at radius 1 is 1.11 bits per heavy atom. The van der Waals surface area contributed by atoms with E-state index in [2.05, 4.69) is 22.2 Å². The number of benzene rings is 1. The van der Waals surface area contributed by atoms with Crippen LogP contribution >= 0.6 is 12.4 Å². The van der Waals surface area contributed by atoms with Gasteiger partial charge in [-0.05, 0) is 6.07 Å². The van der Waals surface area contributed by atoms with Crippen LogP contribution in [0.3, 0.4) is 0 Å². The molecule has 18 heavy (non-hydrogen) atoms. The number of hydrogen-bond acceptors (Lipinski definition) is 3. The van der Waals surface area contributed by atoms with Crippen LogP contribution in [0, 0.1) is 0 Å². The van der Waals surface area contributed by atoms with E-state index in [4.69, 9.17) is 5.73 Å². The Balaban J connectivity index is 0.00000120. The van der Waals surface area contributed by atoms with Gasteiger partial charge in [-0.25, -0.2) is 9.50 Å². The summed E-state index contributed by atoms with van der Waals surface area (Å²) in [5.74, 6) is 0. The highest BCUT2D eigenvalue weighted by Gasteiger charge is 2.07. The van der Waals surface area contributed by atoms with Gasteiger partial charge >= 0.3 is 0 Å². The van der Waals surface area contributed by atoms with Gasteiger partial charge in [0, 0.05) is 18.2 Å². The van der Waals surface area contributed by atoms with E-state index in [0.29, 0.717) is 6.54 Å². The average Bonchev–Trinajstić information content (AvgIpc) is 2.86. The molecule has 5 heteroatoms. The van der Waals surface area contributed by atoms with Crippen molar-refractivity contribution in [2.75, 3.05) is 0 Å². The number of hydrogen-bond donors (Lipinski definition) is 1. The normalized spacial score (nSPS) is 10.3.